The number of benzene rings is 2. The summed E-state index contributed by atoms with van der Waals surface area (Å²) in [7, 11) is 3.01. The first-order valence-electron chi connectivity index (χ1n) is 6.75. The lowest BCUT2D eigenvalue weighted by Gasteiger charge is -2.12. The van der Waals surface area contributed by atoms with Gasteiger partial charge in [-0.25, -0.2) is 8.78 Å². The van der Waals surface area contributed by atoms with E-state index in [4.69, 9.17) is 9.47 Å². The maximum atomic E-state index is 13.5. The fourth-order valence-electron chi connectivity index (χ4n) is 1.93. The van der Waals surface area contributed by atoms with E-state index in [-0.39, 0.29) is 6.54 Å². The molecule has 0 unspecified atom stereocenters. The number of ether oxygens (including phenoxy) is 2. The molecule has 1 amide bonds. The van der Waals surface area contributed by atoms with Crippen molar-refractivity contribution in [1.29, 1.82) is 0 Å². The van der Waals surface area contributed by atoms with Crippen LogP contribution in [-0.2, 0) is 4.79 Å². The molecule has 0 fully saturated rings. The van der Waals surface area contributed by atoms with Gasteiger partial charge in [0, 0.05) is 11.8 Å². The van der Waals surface area contributed by atoms with E-state index in [0.29, 0.717) is 17.2 Å². The molecule has 0 bridgehead atoms. The first-order valence-corrected chi connectivity index (χ1v) is 6.75. The van der Waals surface area contributed by atoms with Gasteiger partial charge in [0.25, 0.3) is 0 Å². The van der Waals surface area contributed by atoms with Gasteiger partial charge in [-0.1, -0.05) is 6.07 Å². The van der Waals surface area contributed by atoms with Crippen LogP contribution in [-0.4, -0.2) is 26.7 Å². The van der Waals surface area contributed by atoms with Crippen LogP contribution in [0.25, 0.3) is 0 Å². The highest BCUT2D eigenvalue weighted by Crippen LogP contribution is 2.29. The Morgan fingerprint density at radius 3 is 2.30 bits per heavy atom. The van der Waals surface area contributed by atoms with Crippen LogP contribution < -0.4 is 20.1 Å². The molecule has 0 aliphatic carbocycles. The highest BCUT2D eigenvalue weighted by molar-refractivity contribution is 5.94. The minimum Gasteiger partial charge on any atom is -0.493 e. The minimum absolute atomic E-state index is 0.163. The number of carbonyl (C=O) groups excluding carboxylic acids is 1. The van der Waals surface area contributed by atoms with Crippen molar-refractivity contribution in [1.82, 2.24) is 0 Å². The van der Waals surface area contributed by atoms with Crippen LogP contribution in [0.4, 0.5) is 20.2 Å². The van der Waals surface area contributed by atoms with Crippen molar-refractivity contribution in [3.63, 3.8) is 0 Å². The average molecular weight is 322 g/mol. The van der Waals surface area contributed by atoms with Gasteiger partial charge in [0.2, 0.25) is 5.91 Å². The van der Waals surface area contributed by atoms with Crippen molar-refractivity contribution in [2.75, 3.05) is 31.4 Å². The van der Waals surface area contributed by atoms with Crippen LogP contribution in [0.15, 0.2) is 36.4 Å². The van der Waals surface area contributed by atoms with E-state index in [0.717, 1.165) is 12.1 Å². The van der Waals surface area contributed by atoms with Gasteiger partial charge in [0.05, 0.1) is 20.8 Å². The second kappa shape index (κ2) is 7.44. The van der Waals surface area contributed by atoms with Crippen molar-refractivity contribution >= 4 is 17.3 Å². The number of anilines is 2. The Kier molecular flexibility index (Phi) is 5.35. The van der Waals surface area contributed by atoms with Gasteiger partial charge < -0.3 is 20.1 Å². The molecule has 0 aliphatic heterocycles. The van der Waals surface area contributed by atoms with Crippen molar-refractivity contribution in [2.24, 2.45) is 0 Å². The fourth-order valence-corrected chi connectivity index (χ4v) is 1.93. The van der Waals surface area contributed by atoms with E-state index in [1.807, 2.05) is 0 Å². The highest BCUT2D eigenvalue weighted by atomic mass is 19.1. The molecule has 0 saturated heterocycles. The van der Waals surface area contributed by atoms with E-state index >= 15 is 0 Å². The van der Waals surface area contributed by atoms with Crippen molar-refractivity contribution in [3.05, 3.63) is 48.0 Å². The molecule has 0 saturated carbocycles. The molecule has 2 rings (SSSR count). The summed E-state index contributed by atoms with van der Waals surface area (Å²) >= 11 is 0. The lowest BCUT2D eigenvalue weighted by molar-refractivity contribution is -0.114. The van der Waals surface area contributed by atoms with Crippen LogP contribution in [0, 0.1) is 11.6 Å². The molecule has 0 heterocycles. The second-order valence-corrected chi connectivity index (χ2v) is 4.57. The number of hydrogen-bond acceptors (Lipinski definition) is 4. The number of rotatable bonds is 6. The minimum atomic E-state index is -0.829. The summed E-state index contributed by atoms with van der Waals surface area (Å²) in [5.41, 5.74) is 0.137. The van der Waals surface area contributed by atoms with Gasteiger partial charge >= 0.3 is 0 Å². The molecular formula is C16H16F2N2O3. The average Bonchev–Trinajstić information content (AvgIpc) is 2.56. The monoisotopic (exact) mass is 322 g/mol. The number of carbonyl (C=O) groups is 1. The normalized spacial score (nSPS) is 10.1. The van der Waals surface area contributed by atoms with Gasteiger partial charge in [0.1, 0.15) is 17.3 Å². The number of methoxy groups -OCH3 is 2. The van der Waals surface area contributed by atoms with Crippen molar-refractivity contribution in [2.45, 2.75) is 0 Å². The first-order chi connectivity index (χ1) is 11.0. The Hall–Kier alpha value is -2.83. The third-order valence-electron chi connectivity index (χ3n) is 3.06. The first kappa shape index (κ1) is 16.5. The maximum absolute atomic E-state index is 13.5. The van der Waals surface area contributed by atoms with E-state index in [1.165, 1.54) is 20.3 Å². The number of hydrogen-bond donors (Lipinski definition) is 2. The summed E-state index contributed by atoms with van der Waals surface area (Å²) in [6.45, 7) is -0.163. The van der Waals surface area contributed by atoms with Gasteiger partial charge in [-0.3, -0.25) is 4.79 Å². The summed E-state index contributed by atoms with van der Waals surface area (Å²) in [5.74, 6) is -1.19. The van der Waals surface area contributed by atoms with Crippen LogP contribution in [0.2, 0.25) is 0 Å². The molecule has 0 spiro atoms. The number of halogens is 2. The van der Waals surface area contributed by atoms with E-state index < -0.39 is 23.2 Å². The number of nitrogens with one attached hydrogen (secondary N) is 2. The van der Waals surface area contributed by atoms with E-state index in [2.05, 4.69) is 10.6 Å². The SMILES string of the molecule is COc1ccc(NCC(=O)Nc2c(F)cccc2F)cc1OC. The summed E-state index contributed by atoms with van der Waals surface area (Å²) in [6.07, 6.45) is 0. The molecule has 0 aromatic heterocycles. The highest BCUT2D eigenvalue weighted by Gasteiger charge is 2.12. The molecule has 0 atom stereocenters. The predicted octanol–water partition coefficient (Wildman–Crippen LogP) is 3.03. The molecule has 23 heavy (non-hydrogen) atoms. The van der Waals surface area contributed by atoms with Crippen molar-refractivity contribution in [3.8, 4) is 11.5 Å². The topological polar surface area (TPSA) is 59.6 Å². The molecule has 2 aromatic carbocycles. The Morgan fingerprint density at radius 1 is 1.04 bits per heavy atom. The zero-order valence-electron chi connectivity index (χ0n) is 12.7. The fraction of sp³-hybridized carbons (Fsp3) is 0.188. The second-order valence-electron chi connectivity index (χ2n) is 4.57. The molecular weight excluding hydrogens is 306 g/mol. The third kappa shape index (κ3) is 4.09. The molecule has 0 radical (unpaired) electrons. The summed E-state index contributed by atoms with van der Waals surface area (Å²) < 4.78 is 37.2. The zero-order valence-corrected chi connectivity index (χ0v) is 12.7. The van der Waals surface area contributed by atoms with E-state index in [1.54, 1.807) is 18.2 Å². The lowest BCUT2D eigenvalue weighted by Crippen LogP contribution is -2.23. The standard InChI is InChI=1S/C16H16F2N2O3/c1-22-13-7-6-10(8-14(13)23-2)19-9-15(21)20-16-11(17)4-3-5-12(16)18/h3-8,19H,9H2,1-2H3,(H,20,21). The predicted molar refractivity (Wildman–Crippen MR) is 83.0 cm³/mol. The van der Waals surface area contributed by atoms with Crippen LogP contribution in [0.3, 0.4) is 0 Å². The molecule has 0 aliphatic rings. The smallest absolute Gasteiger partial charge is 0.243 e. The Morgan fingerprint density at radius 2 is 1.70 bits per heavy atom. The van der Waals surface area contributed by atoms with Crippen LogP contribution in [0.5, 0.6) is 11.5 Å². The Balaban J connectivity index is 1.99. The quantitative estimate of drug-likeness (QED) is 0.858. The summed E-state index contributed by atoms with van der Waals surface area (Å²) in [5, 5.41) is 5.03. The molecule has 7 heteroatoms. The number of amides is 1. The van der Waals surface area contributed by atoms with E-state index in [9.17, 15) is 13.6 Å². The molecule has 2 aromatic rings. The van der Waals surface area contributed by atoms with Gasteiger partial charge in [-0.2, -0.15) is 0 Å². The Labute approximate surface area is 132 Å². The summed E-state index contributed by atoms with van der Waals surface area (Å²) in [4.78, 5) is 11.8. The van der Waals surface area contributed by atoms with Gasteiger partial charge in [-0.15, -0.1) is 0 Å². The molecule has 122 valence electrons. The van der Waals surface area contributed by atoms with Crippen LogP contribution in [0.1, 0.15) is 0 Å². The third-order valence-corrected chi connectivity index (χ3v) is 3.06. The molecule has 5 nitrogen and oxygen atoms in total. The van der Waals surface area contributed by atoms with Crippen LogP contribution >= 0.6 is 0 Å². The maximum Gasteiger partial charge on any atom is 0.243 e. The van der Waals surface area contributed by atoms with Crippen molar-refractivity contribution < 1.29 is 23.0 Å². The van der Waals surface area contributed by atoms with Gasteiger partial charge in [0.15, 0.2) is 11.5 Å². The van der Waals surface area contributed by atoms with Gasteiger partial charge in [-0.05, 0) is 24.3 Å². The summed E-state index contributed by atoms with van der Waals surface area (Å²) in [6, 6.07) is 8.38. The molecule has 2 N–H and O–H groups in total. The number of para-hydroxylation sites is 1. The lowest BCUT2D eigenvalue weighted by atomic mass is 10.2. The zero-order chi connectivity index (χ0) is 16.8. The Bertz CT molecular complexity index is 687. The largest absolute Gasteiger partial charge is 0.493 e.